The van der Waals surface area contributed by atoms with Crippen molar-refractivity contribution in [3.63, 3.8) is 0 Å². The van der Waals surface area contributed by atoms with Gasteiger partial charge < -0.3 is 10.2 Å². The van der Waals surface area contributed by atoms with Crippen LogP contribution in [0.5, 0.6) is 0 Å². The van der Waals surface area contributed by atoms with Crippen molar-refractivity contribution in [1.29, 1.82) is 0 Å². The second-order valence-corrected chi connectivity index (χ2v) is 4.84. The molecule has 0 unspecified atom stereocenters. The molecule has 7 nitrogen and oxygen atoms in total. The zero-order valence-electron chi connectivity index (χ0n) is 11.1. The summed E-state index contributed by atoms with van der Waals surface area (Å²) in [5.74, 6) is 1.64. The second kappa shape index (κ2) is 5.40. The molecule has 2 N–H and O–H groups in total. The molecule has 0 atom stereocenters. The van der Waals surface area contributed by atoms with Crippen LogP contribution in [0.15, 0.2) is 18.5 Å². The maximum absolute atomic E-state index is 4.54. The van der Waals surface area contributed by atoms with Crippen molar-refractivity contribution in [3.8, 4) is 0 Å². The molecule has 7 heteroatoms. The molecule has 0 aromatic carbocycles. The number of aromatic amines is 1. The smallest absolute Gasteiger partial charge is 0.244 e. The Morgan fingerprint density at radius 1 is 1.42 bits per heavy atom. The van der Waals surface area contributed by atoms with Crippen LogP contribution in [0.2, 0.25) is 0 Å². The predicted molar refractivity (Wildman–Crippen MR) is 72.0 cm³/mol. The Labute approximate surface area is 112 Å². The van der Waals surface area contributed by atoms with Gasteiger partial charge in [0.1, 0.15) is 12.4 Å². The molecular formula is C12H19N7. The van der Waals surface area contributed by atoms with Crippen LogP contribution in [0.1, 0.15) is 18.7 Å². The monoisotopic (exact) mass is 261 g/mol. The maximum atomic E-state index is 4.54. The number of rotatable bonds is 4. The number of H-pyrrole nitrogens is 1. The Bertz CT molecular complexity index is 496. The molecule has 0 aliphatic carbocycles. The Morgan fingerprint density at radius 2 is 2.26 bits per heavy atom. The third-order valence-electron chi connectivity index (χ3n) is 3.58. The standard InChI is InChI=1S/C12H19N7/c1-13-10-3-7-18(8-4-10)12-15-11(16-17-12)9-19-6-2-5-14-19/h2,5-6,10,13H,3-4,7-9H2,1H3,(H,15,16,17). The lowest BCUT2D eigenvalue weighted by atomic mass is 10.1. The predicted octanol–water partition coefficient (Wildman–Crippen LogP) is 0.238. The summed E-state index contributed by atoms with van der Waals surface area (Å²) in [6.07, 6.45) is 5.96. The van der Waals surface area contributed by atoms with E-state index >= 15 is 0 Å². The SMILES string of the molecule is CNC1CCN(c2n[nH]c(Cn3cccn3)n2)CC1. The van der Waals surface area contributed by atoms with E-state index in [2.05, 4.69) is 30.5 Å². The number of nitrogens with zero attached hydrogens (tertiary/aromatic N) is 5. The summed E-state index contributed by atoms with van der Waals surface area (Å²) in [7, 11) is 2.02. The van der Waals surface area contributed by atoms with Gasteiger partial charge in [-0.3, -0.25) is 9.78 Å². The van der Waals surface area contributed by atoms with Crippen LogP contribution < -0.4 is 10.2 Å². The van der Waals surface area contributed by atoms with Crippen LogP contribution in [0.3, 0.4) is 0 Å². The second-order valence-electron chi connectivity index (χ2n) is 4.84. The lowest BCUT2D eigenvalue weighted by Crippen LogP contribution is -2.41. The Hall–Kier alpha value is -1.89. The van der Waals surface area contributed by atoms with Gasteiger partial charge in [-0.2, -0.15) is 10.1 Å². The van der Waals surface area contributed by atoms with Crippen LogP contribution >= 0.6 is 0 Å². The van der Waals surface area contributed by atoms with Crippen LogP contribution in [0, 0.1) is 0 Å². The molecule has 1 fully saturated rings. The minimum atomic E-state index is 0.624. The molecule has 1 aliphatic rings. The highest BCUT2D eigenvalue weighted by atomic mass is 15.4. The first-order chi connectivity index (χ1) is 9.35. The molecular weight excluding hydrogens is 242 g/mol. The van der Waals surface area contributed by atoms with Gasteiger partial charge in [-0.25, -0.2) is 0 Å². The molecule has 1 aliphatic heterocycles. The summed E-state index contributed by atoms with van der Waals surface area (Å²) in [6, 6.07) is 2.53. The van der Waals surface area contributed by atoms with Gasteiger partial charge in [0.25, 0.3) is 0 Å². The first-order valence-corrected chi connectivity index (χ1v) is 6.66. The van der Waals surface area contributed by atoms with Crippen molar-refractivity contribution < 1.29 is 0 Å². The fourth-order valence-electron chi connectivity index (χ4n) is 2.41. The van der Waals surface area contributed by atoms with Crippen LogP contribution in [0.4, 0.5) is 5.95 Å². The molecule has 2 aromatic rings. The van der Waals surface area contributed by atoms with E-state index in [0.29, 0.717) is 12.6 Å². The fourth-order valence-corrected chi connectivity index (χ4v) is 2.41. The molecule has 0 amide bonds. The van der Waals surface area contributed by atoms with Gasteiger partial charge in [-0.1, -0.05) is 0 Å². The fraction of sp³-hybridized carbons (Fsp3) is 0.583. The highest BCUT2D eigenvalue weighted by molar-refractivity contribution is 5.29. The van der Waals surface area contributed by atoms with Gasteiger partial charge in [0.15, 0.2) is 0 Å². The topological polar surface area (TPSA) is 74.7 Å². The number of hydrogen-bond donors (Lipinski definition) is 2. The number of nitrogens with one attached hydrogen (secondary N) is 2. The molecule has 102 valence electrons. The summed E-state index contributed by atoms with van der Waals surface area (Å²) in [6.45, 7) is 2.64. The molecule has 0 radical (unpaired) electrons. The summed E-state index contributed by atoms with van der Waals surface area (Å²) >= 11 is 0. The van der Waals surface area contributed by atoms with Crippen molar-refractivity contribution in [2.75, 3.05) is 25.0 Å². The molecule has 3 rings (SSSR count). The van der Waals surface area contributed by atoms with Gasteiger partial charge in [-0.15, -0.1) is 5.10 Å². The third-order valence-corrected chi connectivity index (χ3v) is 3.58. The summed E-state index contributed by atoms with van der Waals surface area (Å²) in [4.78, 5) is 6.77. The summed E-state index contributed by atoms with van der Waals surface area (Å²) in [5, 5.41) is 14.8. The Morgan fingerprint density at radius 3 is 2.95 bits per heavy atom. The Balaban J connectivity index is 1.62. The number of anilines is 1. The van der Waals surface area contributed by atoms with E-state index < -0.39 is 0 Å². The quantitative estimate of drug-likeness (QED) is 0.824. The number of aromatic nitrogens is 5. The zero-order valence-corrected chi connectivity index (χ0v) is 11.1. The highest BCUT2D eigenvalue weighted by Crippen LogP contribution is 2.15. The van der Waals surface area contributed by atoms with Crippen LogP contribution in [-0.4, -0.2) is 51.1 Å². The molecule has 2 aromatic heterocycles. The van der Waals surface area contributed by atoms with Gasteiger partial charge in [0.2, 0.25) is 5.95 Å². The van der Waals surface area contributed by atoms with Crippen LogP contribution in [-0.2, 0) is 6.54 Å². The maximum Gasteiger partial charge on any atom is 0.244 e. The van der Waals surface area contributed by atoms with Crippen molar-refractivity contribution in [2.45, 2.75) is 25.4 Å². The third kappa shape index (κ3) is 2.76. The first-order valence-electron chi connectivity index (χ1n) is 6.66. The normalized spacial score (nSPS) is 17.0. The van der Waals surface area contributed by atoms with E-state index in [1.54, 1.807) is 6.20 Å². The van der Waals surface area contributed by atoms with Gasteiger partial charge in [0, 0.05) is 31.5 Å². The van der Waals surface area contributed by atoms with E-state index in [9.17, 15) is 0 Å². The van der Waals surface area contributed by atoms with E-state index in [4.69, 9.17) is 0 Å². The van der Waals surface area contributed by atoms with E-state index in [1.165, 1.54) is 0 Å². The van der Waals surface area contributed by atoms with E-state index in [1.807, 2.05) is 24.0 Å². The van der Waals surface area contributed by atoms with E-state index in [0.717, 1.165) is 37.7 Å². The lowest BCUT2D eigenvalue weighted by Gasteiger charge is -2.30. The average molecular weight is 261 g/mol. The Kier molecular flexibility index (Phi) is 3.45. The molecule has 3 heterocycles. The first kappa shape index (κ1) is 12.2. The average Bonchev–Trinajstić information content (AvgIpc) is 3.11. The summed E-state index contributed by atoms with van der Waals surface area (Å²) < 4.78 is 1.83. The van der Waals surface area contributed by atoms with Gasteiger partial charge in [0.05, 0.1) is 0 Å². The van der Waals surface area contributed by atoms with Crippen LogP contribution in [0.25, 0.3) is 0 Å². The minimum Gasteiger partial charge on any atom is -0.339 e. The van der Waals surface area contributed by atoms with Gasteiger partial charge in [-0.05, 0) is 26.0 Å². The highest BCUT2D eigenvalue weighted by Gasteiger charge is 2.20. The molecule has 0 saturated carbocycles. The van der Waals surface area contributed by atoms with Crippen molar-refractivity contribution in [1.82, 2.24) is 30.3 Å². The molecule has 0 bridgehead atoms. The molecule has 0 spiro atoms. The van der Waals surface area contributed by atoms with Crippen molar-refractivity contribution in [2.24, 2.45) is 0 Å². The molecule has 19 heavy (non-hydrogen) atoms. The minimum absolute atomic E-state index is 0.624. The van der Waals surface area contributed by atoms with Gasteiger partial charge >= 0.3 is 0 Å². The van der Waals surface area contributed by atoms with Crippen molar-refractivity contribution >= 4 is 5.95 Å². The van der Waals surface area contributed by atoms with Crippen molar-refractivity contribution in [3.05, 3.63) is 24.3 Å². The largest absolute Gasteiger partial charge is 0.339 e. The number of piperidine rings is 1. The number of hydrogen-bond acceptors (Lipinski definition) is 5. The van der Waals surface area contributed by atoms with E-state index in [-0.39, 0.29) is 0 Å². The lowest BCUT2D eigenvalue weighted by molar-refractivity contribution is 0.439. The zero-order chi connectivity index (χ0) is 13.1. The summed E-state index contributed by atoms with van der Waals surface area (Å²) in [5.41, 5.74) is 0. The molecule has 1 saturated heterocycles.